The number of carbonyl (C=O) groups excluding carboxylic acids is 1. The summed E-state index contributed by atoms with van der Waals surface area (Å²) >= 11 is 0. The highest BCUT2D eigenvalue weighted by atomic mass is 16.6. The summed E-state index contributed by atoms with van der Waals surface area (Å²) < 4.78 is 0. The number of carbonyl (C=O) groups is 1. The maximum absolute atomic E-state index is 11.9. The van der Waals surface area contributed by atoms with Gasteiger partial charge in [-0.25, -0.2) is 5.43 Å². The molecule has 2 aromatic rings. The molecule has 2 aromatic carbocycles. The highest BCUT2D eigenvalue weighted by molar-refractivity contribution is 5.95. The molecule has 0 saturated heterocycles. The van der Waals surface area contributed by atoms with E-state index in [4.69, 9.17) is 0 Å². The molecule has 0 fully saturated rings. The average molecular weight is 297 g/mol. The number of nitro benzene ring substituents is 1. The Morgan fingerprint density at radius 2 is 1.86 bits per heavy atom. The maximum Gasteiger partial charge on any atom is 0.271 e. The molecule has 1 amide bonds. The average Bonchev–Trinajstić information content (AvgIpc) is 2.50. The first-order valence-electron chi connectivity index (χ1n) is 6.62. The minimum absolute atomic E-state index is 0.0598. The molecule has 2 rings (SSSR count). The number of hydrogen-bond acceptors (Lipinski definition) is 4. The molecule has 0 heterocycles. The van der Waals surface area contributed by atoms with Crippen LogP contribution in [-0.2, 0) is 0 Å². The smallest absolute Gasteiger partial charge is 0.267 e. The third-order valence-corrected chi connectivity index (χ3v) is 3.14. The molecule has 0 saturated carbocycles. The molecule has 0 aliphatic heterocycles. The number of non-ortho nitro benzene ring substituents is 1. The van der Waals surface area contributed by atoms with E-state index in [9.17, 15) is 14.9 Å². The Balaban J connectivity index is 2.04. The van der Waals surface area contributed by atoms with Crippen LogP contribution in [0.3, 0.4) is 0 Å². The van der Waals surface area contributed by atoms with Crippen LogP contribution >= 0.6 is 0 Å². The van der Waals surface area contributed by atoms with Gasteiger partial charge in [-0.05, 0) is 37.1 Å². The Bertz CT molecular complexity index is 737. The summed E-state index contributed by atoms with van der Waals surface area (Å²) in [5.41, 5.74) is 5.73. The third kappa shape index (κ3) is 3.76. The van der Waals surface area contributed by atoms with E-state index in [0.29, 0.717) is 5.56 Å². The zero-order valence-electron chi connectivity index (χ0n) is 12.2. The molecule has 6 nitrogen and oxygen atoms in total. The third-order valence-electron chi connectivity index (χ3n) is 3.14. The molecule has 1 N–H and O–H groups in total. The molecule has 22 heavy (non-hydrogen) atoms. The van der Waals surface area contributed by atoms with E-state index in [2.05, 4.69) is 10.5 Å². The summed E-state index contributed by atoms with van der Waals surface area (Å²) in [4.78, 5) is 21.9. The fraction of sp³-hybridized carbons (Fsp3) is 0.125. The SMILES string of the molecule is Cc1ccc(C)c(/C=N/NC(=O)c2ccc([N+](=O)[O-])cc2)c1. The standard InChI is InChI=1S/C16H15N3O3/c1-11-3-4-12(2)14(9-11)10-17-18-16(20)13-5-7-15(8-6-13)19(21)22/h3-10H,1-2H3,(H,18,20)/b17-10+. The molecule has 0 aromatic heterocycles. The quantitative estimate of drug-likeness (QED) is 0.535. The van der Waals surface area contributed by atoms with E-state index in [-0.39, 0.29) is 5.69 Å². The molecule has 0 radical (unpaired) electrons. The van der Waals surface area contributed by atoms with Crippen LogP contribution in [0.15, 0.2) is 47.6 Å². The van der Waals surface area contributed by atoms with Gasteiger partial charge < -0.3 is 0 Å². The highest BCUT2D eigenvalue weighted by Gasteiger charge is 2.08. The number of amides is 1. The number of hydrazone groups is 1. The zero-order valence-corrected chi connectivity index (χ0v) is 12.2. The van der Waals surface area contributed by atoms with Crippen molar-refractivity contribution in [1.82, 2.24) is 5.43 Å². The Kier molecular flexibility index (Phi) is 4.63. The molecule has 0 atom stereocenters. The largest absolute Gasteiger partial charge is 0.271 e. The lowest BCUT2D eigenvalue weighted by molar-refractivity contribution is -0.384. The maximum atomic E-state index is 11.9. The van der Waals surface area contributed by atoms with Crippen LogP contribution in [0.2, 0.25) is 0 Å². The minimum atomic E-state index is -0.514. The second kappa shape index (κ2) is 6.62. The van der Waals surface area contributed by atoms with Gasteiger partial charge in [-0.2, -0.15) is 5.10 Å². The molecular formula is C16H15N3O3. The van der Waals surface area contributed by atoms with Gasteiger partial charge in [-0.1, -0.05) is 23.8 Å². The summed E-state index contributed by atoms with van der Waals surface area (Å²) in [5, 5.41) is 14.5. The van der Waals surface area contributed by atoms with Crippen molar-refractivity contribution in [2.24, 2.45) is 5.10 Å². The van der Waals surface area contributed by atoms with Crippen LogP contribution in [0.25, 0.3) is 0 Å². The Morgan fingerprint density at radius 3 is 2.50 bits per heavy atom. The predicted octanol–water partition coefficient (Wildman–Crippen LogP) is 2.98. The van der Waals surface area contributed by atoms with Gasteiger partial charge >= 0.3 is 0 Å². The number of nitrogens with zero attached hydrogens (tertiary/aromatic N) is 2. The van der Waals surface area contributed by atoms with E-state index >= 15 is 0 Å². The Hall–Kier alpha value is -3.02. The summed E-state index contributed by atoms with van der Waals surface area (Å²) in [6.45, 7) is 3.94. The van der Waals surface area contributed by atoms with Crippen LogP contribution in [0.4, 0.5) is 5.69 Å². The lowest BCUT2D eigenvalue weighted by atomic mass is 10.1. The molecule has 6 heteroatoms. The number of nitro groups is 1. The van der Waals surface area contributed by atoms with Gasteiger partial charge in [-0.15, -0.1) is 0 Å². The predicted molar refractivity (Wildman–Crippen MR) is 84.1 cm³/mol. The van der Waals surface area contributed by atoms with Crippen molar-refractivity contribution in [3.05, 3.63) is 74.8 Å². The topological polar surface area (TPSA) is 84.6 Å². The van der Waals surface area contributed by atoms with E-state index in [1.807, 2.05) is 32.0 Å². The van der Waals surface area contributed by atoms with Crippen molar-refractivity contribution in [3.63, 3.8) is 0 Å². The normalized spacial score (nSPS) is 10.6. The zero-order chi connectivity index (χ0) is 16.1. The number of benzene rings is 2. The van der Waals surface area contributed by atoms with Gasteiger partial charge in [0, 0.05) is 17.7 Å². The van der Waals surface area contributed by atoms with Gasteiger partial charge in [0.1, 0.15) is 0 Å². The Labute approximate surface area is 127 Å². The number of aryl methyl sites for hydroxylation is 2. The Morgan fingerprint density at radius 1 is 1.18 bits per heavy atom. The van der Waals surface area contributed by atoms with Crippen molar-refractivity contribution < 1.29 is 9.72 Å². The van der Waals surface area contributed by atoms with Gasteiger partial charge in [0.05, 0.1) is 11.1 Å². The summed E-state index contributed by atoms with van der Waals surface area (Å²) in [7, 11) is 0. The van der Waals surface area contributed by atoms with E-state index in [0.717, 1.165) is 16.7 Å². The second-order valence-corrected chi connectivity index (χ2v) is 4.86. The molecule has 0 aliphatic carbocycles. The summed E-state index contributed by atoms with van der Waals surface area (Å²) in [6.07, 6.45) is 1.58. The van der Waals surface area contributed by atoms with Crippen LogP contribution in [0.1, 0.15) is 27.0 Å². The van der Waals surface area contributed by atoms with Crippen LogP contribution in [0.5, 0.6) is 0 Å². The highest BCUT2D eigenvalue weighted by Crippen LogP contribution is 2.12. The molecule has 0 spiro atoms. The first kappa shape index (κ1) is 15.4. The van der Waals surface area contributed by atoms with Crippen molar-refractivity contribution >= 4 is 17.8 Å². The van der Waals surface area contributed by atoms with Crippen LogP contribution < -0.4 is 5.43 Å². The second-order valence-electron chi connectivity index (χ2n) is 4.86. The minimum Gasteiger partial charge on any atom is -0.267 e. The van der Waals surface area contributed by atoms with Crippen molar-refractivity contribution in [1.29, 1.82) is 0 Å². The molecule has 112 valence electrons. The summed E-state index contributed by atoms with van der Waals surface area (Å²) in [6, 6.07) is 11.3. The monoisotopic (exact) mass is 297 g/mol. The van der Waals surface area contributed by atoms with Gasteiger partial charge in [0.15, 0.2) is 0 Å². The number of nitrogens with one attached hydrogen (secondary N) is 1. The van der Waals surface area contributed by atoms with E-state index in [1.165, 1.54) is 24.3 Å². The molecule has 0 unspecified atom stereocenters. The molecule has 0 aliphatic rings. The van der Waals surface area contributed by atoms with E-state index < -0.39 is 10.8 Å². The number of rotatable bonds is 4. The van der Waals surface area contributed by atoms with Crippen molar-refractivity contribution in [2.75, 3.05) is 0 Å². The summed E-state index contributed by atoms with van der Waals surface area (Å²) in [5.74, 6) is -0.420. The van der Waals surface area contributed by atoms with Gasteiger partial charge in [0.25, 0.3) is 11.6 Å². The fourth-order valence-electron chi connectivity index (χ4n) is 1.86. The fourth-order valence-corrected chi connectivity index (χ4v) is 1.86. The van der Waals surface area contributed by atoms with Crippen molar-refractivity contribution in [3.8, 4) is 0 Å². The van der Waals surface area contributed by atoms with Gasteiger partial charge in [-0.3, -0.25) is 14.9 Å². The van der Waals surface area contributed by atoms with E-state index in [1.54, 1.807) is 6.21 Å². The first-order chi connectivity index (χ1) is 10.5. The molecule has 0 bridgehead atoms. The first-order valence-corrected chi connectivity index (χ1v) is 6.62. The molecular weight excluding hydrogens is 282 g/mol. The lowest BCUT2D eigenvalue weighted by Crippen LogP contribution is -2.17. The number of hydrogen-bond donors (Lipinski definition) is 1. The lowest BCUT2D eigenvalue weighted by Gasteiger charge is -2.02. The van der Waals surface area contributed by atoms with Crippen LogP contribution in [0, 0.1) is 24.0 Å². The van der Waals surface area contributed by atoms with Gasteiger partial charge in [0.2, 0.25) is 0 Å². The van der Waals surface area contributed by atoms with Crippen LogP contribution in [-0.4, -0.2) is 17.0 Å². The van der Waals surface area contributed by atoms with Crippen molar-refractivity contribution in [2.45, 2.75) is 13.8 Å².